The minimum Gasteiger partial charge on any atom is -0.368 e. The molecule has 8 heteroatoms. The lowest BCUT2D eigenvalue weighted by Crippen LogP contribution is -2.51. The van der Waals surface area contributed by atoms with Crippen molar-refractivity contribution >= 4 is 46.0 Å². The molecule has 2 heterocycles. The van der Waals surface area contributed by atoms with E-state index >= 15 is 0 Å². The molecule has 4 rings (SSSR count). The molecule has 3 aromatic rings. The number of hydrogen-bond acceptors (Lipinski definition) is 6. The number of piperidine rings is 1. The summed E-state index contributed by atoms with van der Waals surface area (Å²) >= 11 is 1.27. The van der Waals surface area contributed by atoms with Gasteiger partial charge >= 0.3 is 0 Å². The van der Waals surface area contributed by atoms with E-state index in [9.17, 15) is 9.59 Å². The third-order valence-corrected chi connectivity index (χ3v) is 5.93. The smallest absolute Gasteiger partial charge is 0.240 e. The van der Waals surface area contributed by atoms with Crippen LogP contribution in [0.2, 0.25) is 0 Å². The number of aromatic nitrogens is 2. The molecule has 0 unspecified atom stereocenters. The maximum atomic E-state index is 12.8. The van der Waals surface area contributed by atoms with Gasteiger partial charge in [-0.25, -0.2) is 9.97 Å². The second-order valence-corrected chi connectivity index (χ2v) is 8.10. The van der Waals surface area contributed by atoms with Crippen molar-refractivity contribution in [1.29, 1.82) is 0 Å². The number of fused-ring (bicyclic) bond motifs is 1. The van der Waals surface area contributed by atoms with E-state index in [0.717, 1.165) is 29.4 Å². The number of carbonyl (C=O) groups excluding carboxylic acids is 2. The minimum atomic E-state index is -0.514. The van der Waals surface area contributed by atoms with Crippen molar-refractivity contribution in [2.24, 2.45) is 5.73 Å². The van der Waals surface area contributed by atoms with Gasteiger partial charge in [-0.3, -0.25) is 9.59 Å². The Morgan fingerprint density at radius 3 is 2.63 bits per heavy atom. The molecule has 0 saturated carbocycles. The molecule has 30 heavy (non-hydrogen) atoms. The number of nitrogens with one attached hydrogen (secondary N) is 1. The van der Waals surface area contributed by atoms with Crippen LogP contribution in [0.3, 0.4) is 0 Å². The number of benzene rings is 2. The van der Waals surface area contributed by atoms with E-state index in [1.807, 2.05) is 54.6 Å². The number of nitrogens with zero attached hydrogens (tertiary/aromatic N) is 3. The average Bonchev–Trinajstić information content (AvgIpc) is 2.78. The van der Waals surface area contributed by atoms with Gasteiger partial charge in [0.25, 0.3) is 0 Å². The number of primary amides is 1. The average molecular weight is 422 g/mol. The fourth-order valence-electron chi connectivity index (χ4n) is 3.61. The van der Waals surface area contributed by atoms with Crippen LogP contribution in [-0.2, 0) is 9.59 Å². The van der Waals surface area contributed by atoms with Crippen molar-refractivity contribution in [2.75, 3.05) is 17.6 Å². The monoisotopic (exact) mass is 421 g/mol. The summed E-state index contributed by atoms with van der Waals surface area (Å²) in [5.41, 5.74) is 7.21. The SMILES string of the molecule is NC(=O)[C@@H]1CCCCN1C(=O)CSc1nc(Nc2ccccc2)c2ccccc2n1. The lowest BCUT2D eigenvalue weighted by molar-refractivity contribution is -0.138. The van der Waals surface area contributed by atoms with Crippen molar-refractivity contribution < 1.29 is 9.59 Å². The Morgan fingerprint density at radius 2 is 1.83 bits per heavy atom. The molecule has 3 N–H and O–H groups in total. The fraction of sp³-hybridized carbons (Fsp3) is 0.273. The standard InChI is InChI=1S/C22H23N5O2S/c23-20(29)18-12-6-7-13-27(18)19(28)14-30-22-25-17-11-5-4-10-16(17)21(26-22)24-15-8-2-1-3-9-15/h1-5,8-11,18H,6-7,12-14H2,(H2,23,29)(H,24,25,26)/t18-/m0/s1. The first-order chi connectivity index (χ1) is 14.6. The molecule has 0 bridgehead atoms. The lowest BCUT2D eigenvalue weighted by Gasteiger charge is -2.33. The van der Waals surface area contributed by atoms with Crippen molar-refractivity contribution in [1.82, 2.24) is 14.9 Å². The number of amides is 2. The third-order valence-electron chi connectivity index (χ3n) is 5.10. The summed E-state index contributed by atoms with van der Waals surface area (Å²) in [6.45, 7) is 0.562. The third kappa shape index (κ3) is 4.54. The normalized spacial score (nSPS) is 16.4. The van der Waals surface area contributed by atoms with Crippen LogP contribution in [0.5, 0.6) is 0 Å². The van der Waals surface area contributed by atoms with Gasteiger partial charge in [-0.1, -0.05) is 42.1 Å². The molecular weight excluding hydrogens is 398 g/mol. The van der Waals surface area contributed by atoms with Crippen molar-refractivity contribution in [3.8, 4) is 0 Å². The first kappa shape index (κ1) is 20.2. The zero-order chi connectivity index (χ0) is 20.9. The van der Waals surface area contributed by atoms with Gasteiger partial charge in [0.2, 0.25) is 11.8 Å². The minimum absolute atomic E-state index is 0.113. The highest BCUT2D eigenvalue weighted by molar-refractivity contribution is 7.99. The van der Waals surface area contributed by atoms with E-state index in [-0.39, 0.29) is 11.7 Å². The number of anilines is 2. The van der Waals surface area contributed by atoms with Gasteiger partial charge in [-0.05, 0) is 43.5 Å². The molecule has 1 saturated heterocycles. The van der Waals surface area contributed by atoms with Gasteiger partial charge in [-0.15, -0.1) is 0 Å². The van der Waals surface area contributed by atoms with Crippen LogP contribution in [0, 0.1) is 0 Å². The predicted molar refractivity (Wildman–Crippen MR) is 119 cm³/mol. The molecule has 0 radical (unpaired) electrons. The molecule has 1 atom stereocenters. The lowest BCUT2D eigenvalue weighted by atomic mass is 10.0. The molecule has 7 nitrogen and oxygen atoms in total. The van der Waals surface area contributed by atoms with Crippen LogP contribution in [0.25, 0.3) is 10.9 Å². The quantitative estimate of drug-likeness (QED) is 0.468. The van der Waals surface area contributed by atoms with E-state index < -0.39 is 11.9 Å². The first-order valence-electron chi connectivity index (χ1n) is 9.92. The number of carbonyl (C=O) groups is 2. The zero-order valence-electron chi connectivity index (χ0n) is 16.5. The zero-order valence-corrected chi connectivity index (χ0v) is 17.3. The summed E-state index contributed by atoms with van der Waals surface area (Å²) in [6, 6.07) is 17.0. The Labute approximate surface area is 179 Å². The predicted octanol–water partition coefficient (Wildman–Crippen LogP) is 3.33. The van der Waals surface area contributed by atoms with Gasteiger partial charge in [0.15, 0.2) is 5.16 Å². The van der Waals surface area contributed by atoms with Crippen LogP contribution in [0.1, 0.15) is 19.3 Å². The summed E-state index contributed by atoms with van der Waals surface area (Å²) in [5, 5.41) is 4.75. The molecule has 0 aliphatic carbocycles. The van der Waals surface area contributed by atoms with E-state index in [1.165, 1.54) is 11.8 Å². The molecule has 2 amide bonds. The first-order valence-corrected chi connectivity index (χ1v) is 10.9. The molecule has 154 valence electrons. The highest BCUT2D eigenvalue weighted by atomic mass is 32.2. The Kier molecular flexibility index (Phi) is 6.13. The summed E-state index contributed by atoms with van der Waals surface area (Å²) in [7, 11) is 0. The van der Waals surface area contributed by atoms with Gasteiger partial charge in [0.05, 0.1) is 11.3 Å². The number of para-hydroxylation sites is 2. The van der Waals surface area contributed by atoms with Gasteiger partial charge < -0.3 is 16.0 Å². The molecular formula is C22H23N5O2S. The van der Waals surface area contributed by atoms with E-state index in [0.29, 0.717) is 23.9 Å². The summed E-state index contributed by atoms with van der Waals surface area (Å²) in [5.74, 6) is 0.296. The maximum absolute atomic E-state index is 12.8. The number of rotatable bonds is 6. The summed E-state index contributed by atoms with van der Waals surface area (Å²) in [6.07, 6.45) is 2.42. The number of hydrogen-bond donors (Lipinski definition) is 2. The van der Waals surface area contributed by atoms with E-state index in [4.69, 9.17) is 5.73 Å². The van der Waals surface area contributed by atoms with Crippen LogP contribution in [0.4, 0.5) is 11.5 Å². The molecule has 1 fully saturated rings. The molecule has 1 aliphatic rings. The van der Waals surface area contributed by atoms with Crippen LogP contribution >= 0.6 is 11.8 Å². The summed E-state index contributed by atoms with van der Waals surface area (Å²) < 4.78 is 0. The van der Waals surface area contributed by atoms with Crippen molar-refractivity contribution in [3.63, 3.8) is 0 Å². The maximum Gasteiger partial charge on any atom is 0.240 e. The Morgan fingerprint density at radius 1 is 1.07 bits per heavy atom. The molecule has 2 aromatic carbocycles. The number of likely N-dealkylation sites (tertiary alicyclic amines) is 1. The Balaban J connectivity index is 1.54. The fourth-order valence-corrected chi connectivity index (χ4v) is 4.35. The number of nitrogens with two attached hydrogens (primary N) is 1. The topological polar surface area (TPSA) is 101 Å². The van der Waals surface area contributed by atoms with E-state index in [1.54, 1.807) is 4.90 Å². The largest absolute Gasteiger partial charge is 0.368 e. The van der Waals surface area contributed by atoms with Crippen molar-refractivity contribution in [3.05, 3.63) is 54.6 Å². The van der Waals surface area contributed by atoms with Crippen LogP contribution in [0.15, 0.2) is 59.8 Å². The van der Waals surface area contributed by atoms with Gasteiger partial charge in [0.1, 0.15) is 11.9 Å². The Hall–Kier alpha value is -3.13. The Bertz CT molecular complexity index is 1060. The van der Waals surface area contributed by atoms with Gasteiger partial charge in [-0.2, -0.15) is 0 Å². The number of thioether (sulfide) groups is 1. The molecule has 0 spiro atoms. The second kappa shape index (κ2) is 9.13. The van der Waals surface area contributed by atoms with Crippen LogP contribution < -0.4 is 11.1 Å². The summed E-state index contributed by atoms with van der Waals surface area (Å²) in [4.78, 5) is 35.3. The van der Waals surface area contributed by atoms with Crippen molar-refractivity contribution in [2.45, 2.75) is 30.5 Å². The highest BCUT2D eigenvalue weighted by Gasteiger charge is 2.30. The van der Waals surface area contributed by atoms with Gasteiger partial charge in [0, 0.05) is 17.6 Å². The van der Waals surface area contributed by atoms with E-state index in [2.05, 4.69) is 15.3 Å². The highest BCUT2D eigenvalue weighted by Crippen LogP contribution is 2.27. The molecule has 1 aliphatic heterocycles. The second-order valence-electron chi connectivity index (χ2n) is 7.15. The van der Waals surface area contributed by atoms with Crippen LogP contribution in [-0.4, -0.2) is 45.0 Å². The molecule has 1 aromatic heterocycles.